The molecule has 0 bridgehead atoms. The van der Waals surface area contributed by atoms with Gasteiger partial charge in [-0.2, -0.15) is 11.8 Å². The lowest BCUT2D eigenvalue weighted by molar-refractivity contribution is -0.384. The summed E-state index contributed by atoms with van der Waals surface area (Å²) >= 11 is 1.46. The van der Waals surface area contributed by atoms with E-state index in [1.807, 2.05) is 13.2 Å². The van der Waals surface area contributed by atoms with Gasteiger partial charge in [-0.1, -0.05) is 0 Å². The molecule has 7 heteroatoms. The van der Waals surface area contributed by atoms with Crippen LogP contribution >= 0.6 is 11.8 Å². The fraction of sp³-hybridized carbons (Fsp3) is 0.500. The van der Waals surface area contributed by atoms with Crippen LogP contribution in [0.25, 0.3) is 0 Å². The molecule has 0 saturated carbocycles. The van der Waals surface area contributed by atoms with E-state index in [1.165, 1.54) is 17.8 Å². The Bertz CT molecular complexity index is 467. The number of aliphatic hydroxyl groups excluding tert-OH is 1. The van der Waals surface area contributed by atoms with Gasteiger partial charge in [-0.15, -0.1) is 0 Å². The Morgan fingerprint density at radius 1 is 1.58 bits per heavy atom. The van der Waals surface area contributed by atoms with E-state index in [9.17, 15) is 19.6 Å². The van der Waals surface area contributed by atoms with E-state index in [2.05, 4.69) is 5.32 Å². The van der Waals surface area contributed by atoms with Gasteiger partial charge in [0.1, 0.15) is 11.5 Å². The van der Waals surface area contributed by atoms with Crippen molar-refractivity contribution in [3.05, 3.63) is 33.6 Å². The third-order valence-corrected chi connectivity index (χ3v) is 4.06. The molecule has 2 unspecified atom stereocenters. The number of halogens is 1. The molecule has 0 heterocycles. The molecule has 0 aliphatic rings. The topological polar surface area (TPSA) is 75.4 Å². The summed E-state index contributed by atoms with van der Waals surface area (Å²) in [6, 6.07) is 2.15. The largest absolute Gasteiger partial charge is 0.395 e. The zero-order valence-electron chi connectivity index (χ0n) is 11.0. The van der Waals surface area contributed by atoms with Gasteiger partial charge in [0, 0.05) is 11.3 Å². The van der Waals surface area contributed by atoms with Crippen LogP contribution < -0.4 is 5.32 Å². The van der Waals surface area contributed by atoms with Crippen LogP contribution in [0.3, 0.4) is 0 Å². The second-order valence-corrected chi connectivity index (χ2v) is 5.34. The predicted octanol–water partition coefficient (Wildman–Crippen LogP) is 2.57. The molecule has 0 amide bonds. The summed E-state index contributed by atoms with van der Waals surface area (Å²) in [6.45, 7) is 3.33. The van der Waals surface area contributed by atoms with E-state index in [0.717, 1.165) is 6.07 Å². The third kappa shape index (κ3) is 3.81. The molecule has 1 rings (SSSR count). The Labute approximate surface area is 115 Å². The SMILES string of the molecule is CSC(CO)C(C)Nc1cc(C)c(F)cc1[N+](=O)[O-]. The molecule has 0 spiro atoms. The number of nitrogens with zero attached hydrogens (tertiary/aromatic N) is 1. The van der Waals surface area contributed by atoms with E-state index in [1.54, 1.807) is 6.92 Å². The van der Waals surface area contributed by atoms with Crippen LogP contribution in [0.2, 0.25) is 0 Å². The molecule has 2 atom stereocenters. The highest BCUT2D eigenvalue weighted by atomic mass is 32.2. The van der Waals surface area contributed by atoms with E-state index in [-0.39, 0.29) is 29.3 Å². The molecular formula is C12H17FN2O3S. The maximum absolute atomic E-state index is 13.4. The second-order valence-electron chi connectivity index (χ2n) is 4.27. The van der Waals surface area contributed by atoms with Crippen molar-refractivity contribution < 1.29 is 14.4 Å². The van der Waals surface area contributed by atoms with Gasteiger partial charge in [-0.3, -0.25) is 10.1 Å². The zero-order chi connectivity index (χ0) is 14.6. The van der Waals surface area contributed by atoms with Crippen LogP contribution in [-0.2, 0) is 0 Å². The summed E-state index contributed by atoms with van der Waals surface area (Å²) in [5.41, 5.74) is 0.307. The molecule has 0 aliphatic heterocycles. The number of benzene rings is 1. The molecule has 0 saturated heterocycles. The number of hydrogen-bond acceptors (Lipinski definition) is 5. The number of rotatable bonds is 6. The van der Waals surface area contributed by atoms with Crippen molar-refractivity contribution >= 4 is 23.1 Å². The lowest BCUT2D eigenvalue weighted by atomic mass is 10.1. The van der Waals surface area contributed by atoms with Crippen LogP contribution in [0.5, 0.6) is 0 Å². The van der Waals surface area contributed by atoms with Crippen molar-refractivity contribution in [3.63, 3.8) is 0 Å². The maximum atomic E-state index is 13.4. The molecule has 0 radical (unpaired) electrons. The highest BCUT2D eigenvalue weighted by molar-refractivity contribution is 7.99. The highest BCUT2D eigenvalue weighted by Gasteiger charge is 2.21. The molecule has 5 nitrogen and oxygen atoms in total. The average Bonchev–Trinajstić information content (AvgIpc) is 2.34. The Hall–Kier alpha value is -1.34. The van der Waals surface area contributed by atoms with Gasteiger partial charge in [0.2, 0.25) is 0 Å². The Kier molecular flexibility index (Phi) is 5.56. The Morgan fingerprint density at radius 2 is 2.21 bits per heavy atom. The Morgan fingerprint density at radius 3 is 2.68 bits per heavy atom. The summed E-state index contributed by atoms with van der Waals surface area (Å²) in [4.78, 5) is 10.3. The molecule has 2 N–H and O–H groups in total. The number of hydrogen-bond donors (Lipinski definition) is 2. The van der Waals surface area contributed by atoms with Crippen molar-refractivity contribution in [3.8, 4) is 0 Å². The summed E-state index contributed by atoms with van der Waals surface area (Å²) in [6.07, 6.45) is 1.85. The van der Waals surface area contributed by atoms with Crippen molar-refractivity contribution in [2.24, 2.45) is 0 Å². The van der Waals surface area contributed by atoms with Crippen molar-refractivity contribution in [2.45, 2.75) is 25.1 Å². The van der Waals surface area contributed by atoms with Crippen molar-refractivity contribution in [2.75, 3.05) is 18.2 Å². The molecule has 19 heavy (non-hydrogen) atoms. The number of aliphatic hydroxyl groups is 1. The molecule has 0 aliphatic carbocycles. The van der Waals surface area contributed by atoms with E-state index < -0.39 is 10.7 Å². The standard InChI is InChI=1S/C12H17FN2O3S/c1-7-4-10(11(15(17)18)5-9(7)13)14-8(2)12(6-16)19-3/h4-5,8,12,14,16H,6H2,1-3H3. The fourth-order valence-electron chi connectivity index (χ4n) is 1.71. The van der Waals surface area contributed by atoms with Gasteiger partial charge < -0.3 is 10.4 Å². The van der Waals surface area contributed by atoms with Crippen LogP contribution in [0.15, 0.2) is 12.1 Å². The molecule has 1 aromatic carbocycles. The Balaban J connectivity index is 3.06. The first-order valence-electron chi connectivity index (χ1n) is 5.75. The number of anilines is 1. The minimum Gasteiger partial charge on any atom is -0.395 e. The number of aryl methyl sites for hydroxylation is 1. The summed E-state index contributed by atoms with van der Waals surface area (Å²) < 4.78 is 13.4. The van der Waals surface area contributed by atoms with Gasteiger partial charge in [0.05, 0.1) is 17.6 Å². The van der Waals surface area contributed by atoms with E-state index in [0.29, 0.717) is 5.56 Å². The molecule has 0 aromatic heterocycles. The van der Waals surface area contributed by atoms with Crippen LogP contribution in [0.4, 0.5) is 15.8 Å². The van der Waals surface area contributed by atoms with Gasteiger partial charge in [-0.25, -0.2) is 4.39 Å². The van der Waals surface area contributed by atoms with Crippen LogP contribution in [0, 0.1) is 22.9 Å². The molecule has 106 valence electrons. The second kappa shape index (κ2) is 6.72. The van der Waals surface area contributed by atoms with Gasteiger partial charge in [-0.05, 0) is 31.7 Å². The fourth-order valence-corrected chi connectivity index (χ4v) is 2.34. The lowest BCUT2D eigenvalue weighted by Gasteiger charge is -2.22. The number of nitrogens with one attached hydrogen (secondary N) is 1. The molecule has 0 fully saturated rings. The first-order valence-corrected chi connectivity index (χ1v) is 7.04. The molecule has 1 aromatic rings. The van der Waals surface area contributed by atoms with Crippen LogP contribution in [-0.4, -0.2) is 34.2 Å². The third-order valence-electron chi connectivity index (χ3n) is 2.90. The first kappa shape index (κ1) is 15.7. The van der Waals surface area contributed by atoms with Gasteiger partial charge in [0.15, 0.2) is 0 Å². The number of nitro groups is 1. The summed E-state index contributed by atoms with van der Waals surface area (Å²) in [5, 5.41) is 23.0. The average molecular weight is 288 g/mol. The van der Waals surface area contributed by atoms with Gasteiger partial charge >= 0.3 is 0 Å². The maximum Gasteiger partial charge on any atom is 0.295 e. The minimum absolute atomic E-state index is 0.0384. The zero-order valence-corrected chi connectivity index (χ0v) is 11.8. The number of thioether (sulfide) groups is 1. The predicted molar refractivity (Wildman–Crippen MR) is 75.3 cm³/mol. The summed E-state index contributed by atoms with van der Waals surface area (Å²) in [5.74, 6) is -0.603. The normalized spacial score (nSPS) is 13.9. The van der Waals surface area contributed by atoms with E-state index in [4.69, 9.17) is 0 Å². The lowest BCUT2D eigenvalue weighted by Crippen LogP contribution is -2.31. The minimum atomic E-state index is -0.620. The highest BCUT2D eigenvalue weighted by Crippen LogP contribution is 2.29. The van der Waals surface area contributed by atoms with Gasteiger partial charge in [0.25, 0.3) is 5.69 Å². The van der Waals surface area contributed by atoms with Crippen LogP contribution in [0.1, 0.15) is 12.5 Å². The van der Waals surface area contributed by atoms with E-state index >= 15 is 0 Å². The molecular weight excluding hydrogens is 271 g/mol. The summed E-state index contributed by atoms with van der Waals surface area (Å²) in [7, 11) is 0. The smallest absolute Gasteiger partial charge is 0.295 e. The van der Waals surface area contributed by atoms with Crippen molar-refractivity contribution in [1.29, 1.82) is 0 Å². The monoisotopic (exact) mass is 288 g/mol. The van der Waals surface area contributed by atoms with Crippen molar-refractivity contribution in [1.82, 2.24) is 0 Å². The first-order chi connectivity index (χ1) is 8.90. The number of nitro benzene ring substituents is 1. The quantitative estimate of drug-likeness (QED) is 0.621.